The van der Waals surface area contributed by atoms with Gasteiger partial charge in [-0.2, -0.15) is 0 Å². The molecule has 26 heavy (non-hydrogen) atoms. The maximum Gasteiger partial charge on any atom is 0.410 e. The number of rotatable bonds is 3. The molecule has 3 rings (SSSR count). The summed E-state index contributed by atoms with van der Waals surface area (Å²) in [4.78, 5) is 26.4. The highest BCUT2D eigenvalue weighted by molar-refractivity contribution is 9.10. The Morgan fingerprint density at radius 2 is 2.08 bits per heavy atom. The Morgan fingerprint density at radius 3 is 2.81 bits per heavy atom. The molecule has 0 fully saturated rings. The van der Waals surface area contributed by atoms with E-state index in [-0.39, 0.29) is 18.3 Å². The average Bonchev–Trinajstić information content (AvgIpc) is 2.65. The third-order valence-corrected chi connectivity index (χ3v) is 4.90. The smallest absolute Gasteiger partial charge is 0.410 e. The van der Waals surface area contributed by atoms with E-state index in [0.29, 0.717) is 18.5 Å². The van der Waals surface area contributed by atoms with Gasteiger partial charge in [0.05, 0.1) is 7.11 Å². The molecular formula is C19H18BrFN2O3. The van der Waals surface area contributed by atoms with Gasteiger partial charge in [0.25, 0.3) is 0 Å². The van der Waals surface area contributed by atoms with Gasteiger partial charge in [-0.25, -0.2) is 9.18 Å². The van der Waals surface area contributed by atoms with Gasteiger partial charge in [0.2, 0.25) is 5.91 Å². The van der Waals surface area contributed by atoms with Crippen LogP contribution in [0.25, 0.3) is 0 Å². The molecule has 0 unspecified atom stereocenters. The summed E-state index contributed by atoms with van der Waals surface area (Å²) in [6.07, 6.45) is 0.0658. The van der Waals surface area contributed by atoms with Crippen molar-refractivity contribution in [3.05, 3.63) is 69.4 Å². The molecule has 1 aliphatic rings. The zero-order valence-corrected chi connectivity index (χ0v) is 15.8. The van der Waals surface area contributed by atoms with Crippen LogP contribution >= 0.6 is 15.9 Å². The van der Waals surface area contributed by atoms with Crippen LogP contribution in [0.5, 0.6) is 0 Å². The van der Waals surface area contributed by atoms with Crippen LogP contribution in [0.3, 0.4) is 0 Å². The summed E-state index contributed by atoms with van der Waals surface area (Å²) >= 11 is 3.41. The lowest BCUT2D eigenvalue weighted by Crippen LogP contribution is -2.47. The van der Waals surface area contributed by atoms with E-state index in [1.807, 2.05) is 18.2 Å². The third kappa shape index (κ3) is 3.72. The first kappa shape index (κ1) is 18.4. The minimum atomic E-state index is -0.824. The van der Waals surface area contributed by atoms with Crippen LogP contribution in [0.4, 0.5) is 9.18 Å². The van der Waals surface area contributed by atoms with Crippen LogP contribution < -0.4 is 5.32 Å². The topological polar surface area (TPSA) is 58.6 Å². The van der Waals surface area contributed by atoms with Gasteiger partial charge >= 0.3 is 6.09 Å². The number of benzene rings is 2. The first-order valence-corrected chi connectivity index (χ1v) is 8.94. The minimum absolute atomic E-state index is 0.0420. The van der Waals surface area contributed by atoms with Crippen LogP contribution in [0.1, 0.15) is 22.7 Å². The van der Waals surface area contributed by atoms with Crippen molar-refractivity contribution < 1.29 is 18.7 Å². The molecule has 0 aromatic heterocycles. The highest BCUT2D eigenvalue weighted by Crippen LogP contribution is 2.32. The van der Waals surface area contributed by atoms with Crippen molar-refractivity contribution in [2.45, 2.75) is 19.0 Å². The molecule has 2 amide bonds. The molecule has 1 aliphatic heterocycles. The molecule has 1 heterocycles. The molecule has 7 heteroatoms. The molecule has 0 bridgehead atoms. The van der Waals surface area contributed by atoms with Crippen molar-refractivity contribution in [3.63, 3.8) is 0 Å². The Bertz CT molecular complexity index is 843. The number of fused-ring (bicyclic) bond motifs is 1. The van der Waals surface area contributed by atoms with Crippen molar-refractivity contribution in [2.75, 3.05) is 13.7 Å². The molecule has 0 aliphatic carbocycles. The van der Waals surface area contributed by atoms with E-state index in [0.717, 1.165) is 15.6 Å². The second-order valence-corrected chi connectivity index (χ2v) is 6.88. The summed E-state index contributed by atoms with van der Waals surface area (Å²) in [6.45, 7) is 0.416. The molecule has 0 saturated carbocycles. The number of hydrogen-bond acceptors (Lipinski definition) is 3. The number of carbonyl (C=O) groups excluding carboxylic acids is 2. The lowest BCUT2D eigenvalue weighted by Gasteiger charge is -2.35. The summed E-state index contributed by atoms with van der Waals surface area (Å²) in [5.74, 6) is -0.762. The van der Waals surface area contributed by atoms with Crippen molar-refractivity contribution in [1.82, 2.24) is 10.2 Å². The molecule has 2 aromatic carbocycles. The number of halogens is 2. The van der Waals surface area contributed by atoms with Crippen LogP contribution in [-0.2, 0) is 22.5 Å². The number of methoxy groups -OCH3 is 1. The number of ether oxygens (including phenoxy) is 1. The van der Waals surface area contributed by atoms with E-state index in [2.05, 4.69) is 21.2 Å². The highest BCUT2D eigenvalue weighted by atomic mass is 79.9. The summed E-state index contributed by atoms with van der Waals surface area (Å²) in [5, 5.41) is 2.74. The third-order valence-electron chi connectivity index (χ3n) is 4.40. The van der Waals surface area contributed by atoms with Crippen molar-refractivity contribution in [3.8, 4) is 0 Å². The molecule has 1 atom stereocenters. The Labute approximate surface area is 159 Å². The summed E-state index contributed by atoms with van der Waals surface area (Å²) < 4.78 is 19.4. The Kier molecular flexibility index (Phi) is 5.56. The first-order chi connectivity index (χ1) is 12.5. The van der Waals surface area contributed by atoms with Gasteiger partial charge in [-0.1, -0.05) is 40.2 Å². The standard InChI is InChI=1S/C19H18BrFN2O3/c1-26-19(25)23-9-8-12-6-7-14(20)10-15(12)17(23)18(24)22-11-13-4-2-3-5-16(13)21/h2-7,10,17H,8-9,11H2,1H3,(H,22,24)/t17-/m1/s1. The van der Waals surface area contributed by atoms with E-state index in [1.165, 1.54) is 18.1 Å². The number of nitrogens with one attached hydrogen (secondary N) is 1. The zero-order valence-electron chi connectivity index (χ0n) is 14.2. The van der Waals surface area contributed by atoms with E-state index >= 15 is 0 Å². The van der Waals surface area contributed by atoms with Gasteiger partial charge in [0.1, 0.15) is 11.9 Å². The monoisotopic (exact) mass is 420 g/mol. The van der Waals surface area contributed by atoms with Crippen LogP contribution in [0.15, 0.2) is 46.9 Å². The maximum absolute atomic E-state index is 13.8. The van der Waals surface area contributed by atoms with Crippen molar-refractivity contribution in [1.29, 1.82) is 0 Å². The van der Waals surface area contributed by atoms with Gasteiger partial charge in [0.15, 0.2) is 0 Å². The van der Waals surface area contributed by atoms with Gasteiger partial charge in [-0.05, 0) is 35.7 Å². The molecule has 136 valence electrons. The molecule has 2 aromatic rings. The van der Waals surface area contributed by atoms with Crippen LogP contribution in [-0.4, -0.2) is 30.6 Å². The minimum Gasteiger partial charge on any atom is -0.453 e. The molecule has 1 N–H and O–H groups in total. The molecule has 0 spiro atoms. The SMILES string of the molecule is COC(=O)N1CCc2ccc(Br)cc2[C@@H]1C(=O)NCc1ccccc1F. The predicted octanol–water partition coefficient (Wildman–Crippen LogP) is 3.57. The fraction of sp³-hybridized carbons (Fsp3) is 0.263. The van der Waals surface area contributed by atoms with E-state index in [9.17, 15) is 14.0 Å². The highest BCUT2D eigenvalue weighted by Gasteiger charge is 2.36. The fourth-order valence-corrected chi connectivity index (χ4v) is 3.48. The second kappa shape index (κ2) is 7.86. The lowest BCUT2D eigenvalue weighted by atomic mass is 9.92. The van der Waals surface area contributed by atoms with Gasteiger partial charge in [0, 0.05) is 23.1 Å². The van der Waals surface area contributed by atoms with E-state index < -0.39 is 12.1 Å². The van der Waals surface area contributed by atoms with E-state index in [4.69, 9.17) is 4.74 Å². The quantitative estimate of drug-likeness (QED) is 0.825. The van der Waals surface area contributed by atoms with Crippen molar-refractivity contribution in [2.24, 2.45) is 0 Å². The summed E-state index contributed by atoms with van der Waals surface area (Å²) in [7, 11) is 1.28. The largest absolute Gasteiger partial charge is 0.453 e. The Hall–Kier alpha value is -2.41. The average molecular weight is 421 g/mol. The number of carbonyl (C=O) groups is 2. The summed E-state index contributed by atoms with van der Waals surface area (Å²) in [6, 6.07) is 11.1. The Balaban J connectivity index is 1.88. The predicted molar refractivity (Wildman–Crippen MR) is 97.9 cm³/mol. The normalized spacial score (nSPS) is 16.0. The zero-order chi connectivity index (χ0) is 18.7. The first-order valence-electron chi connectivity index (χ1n) is 8.15. The molecule has 0 saturated heterocycles. The molecular weight excluding hydrogens is 403 g/mol. The second-order valence-electron chi connectivity index (χ2n) is 5.97. The maximum atomic E-state index is 13.8. The van der Waals surface area contributed by atoms with Gasteiger partial charge < -0.3 is 10.1 Å². The van der Waals surface area contributed by atoms with Crippen LogP contribution in [0, 0.1) is 5.82 Å². The number of amides is 2. The molecule has 0 radical (unpaired) electrons. The Morgan fingerprint density at radius 1 is 1.31 bits per heavy atom. The lowest BCUT2D eigenvalue weighted by molar-refractivity contribution is -0.126. The van der Waals surface area contributed by atoms with Gasteiger partial charge in [-0.15, -0.1) is 0 Å². The molecule has 5 nitrogen and oxygen atoms in total. The fourth-order valence-electron chi connectivity index (χ4n) is 3.10. The number of hydrogen-bond donors (Lipinski definition) is 1. The van der Waals surface area contributed by atoms with Crippen molar-refractivity contribution >= 4 is 27.9 Å². The number of nitrogens with zero attached hydrogens (tertiary/aromatic N) is 1. The van der Waals surface area contributed by atoms with Gasteiger partial charge in [-0.3, -0.25) is 9.69 Å². The van der Waals surface area contributed by atoms with Crippen LogP contribution in [0.2, 0.25) is 0 Å². The van der Waals surface area contributed by atoms with E-state index in [1.54, 1.807) is 18.2 Å². The summed E-state index contributed by atoms with van der Waals surface area (Å²) in [5.41, 5.74) is 2.12.